The van der Waals surface area contributed by atoms with Crippen LogP contribution in [0, 0.1) is 0 Å². The van der Waals surface area contributed by atoms with Crippen LogP contribution in [0.2, 0.25) is 0 Å². The third-order valence-corrected chi connectivity index (χ3v) is 4.45. The number of carbonyl (C=O) groups is 1. The molecule has 1 N–H and O–H groups in total. The van der Waals surface area contributed by atoms with Gasteiger partial charge in [0.1, 0.15) is 11.4 Å². The molecule has 0 saturated heterocycles. The third-order valence-electron chi connectivity index (χ3n) is 4.45. The van der Waals surface area contributed by atoms with Gasteiger partial charge in [-0.3, -0.25) is 9.78 Å². The van der Waals surface area contributed by atoms with Gasteiger partial charge in [0.25, 0.3) is 5.91 Å². The molecule has 0 saturated carbocycles. The van der Waals surface area contributed by atoms with Gasteiger partial charge in [0, 0.05) is 26.0 Å². The lowest BCUT2D eigenvalue weighted by atomic mass is 10.2. The molecule has 6 heteroatoms. The molecule has 0 aliphatic rings. The average molecular weight is 393 g/mol. The summed E-state index contributed by atoms with van der Waals surface area (Å²) in [5.41, 5.74) is 2.84. The van der Waals surface area contributed by atoms with Crippen molar-refractivity contribution < 1.29 is 14.3 Å². The molecule has 0 aliphatic carbocycles. The van der Waals surface area contributed by atoms with E-state index in [2.05, 4.69) is 15.3 Å². The first kappa shape index (κ1) is 20.7. The van der Waals surface area contributed by atoms with Crippen LogP contribution in [0.1, 0.15) is 42.2 Å². The highest BCUT2D eigenvalue weighted by Crippen LogP contribution is 2.14. The van der Waals surface area contributed by atoms with Crippen LogP contribution >= 0.6 is 0 Å². The first-order valence-electron chi connectivity index (χ1n) is 10.1. The van der Waals surface area contributed by atoms with E-state index in [-0.39, 0.29) is 5.91 Å². The van der Waals surface area contributed by atoms with Crippen LogP contribution in [-0.2, 0) is 11.3 Å². The summed E-state index contributed by atoms with van der Waals surface area (Å²) in [6, 6.07) is 14.9. The van der Waals surface area contributed by atoms with Gasteiger partial charge in [-0.1, -0.05) is 12.1 Å². The topological polar surface area (TPSA) is 73.3 Å². The molecule has 152 valence electrons. The van der Waals surface area contributed by atoms with Crippen molar-refractivity contribution in [3.05, 3.63) is 66.0 Å². The summed E-state index contributed by atoms with van der Waals surface area (Å²) >= 11 is 0. The molecular formula is C23H27N3O3. The summed E-state index contributed by atoms with van der Waals surface area (Å²) in [5.74, 6) is 0.604. The maximum absolute atomic E-state index is 12.4. The zero-order valence-corrected chi connectivity index (χ0v) is 16.8. The number of unbranched alkanes of at least 4 members (excludes halogenated alkanes) is 2. The first-order chi connectivity index (χ1) is 14.3. The van der Waals surface area contributed by atoms with E-state index in [0.29, 0.717) is 24.4 Å². The Hall–Kier alpha value is -2.99. The van der Waals surface area contributed by atoms with Crippen molar-refractivity contribution in [2.24, 2.45) is 0 Å². The Labute approximate surface area is 171 Å². The highest BCUT2D eigenvalue weighted by molar-refractivity contribution is 5.94. The van der Waals surface area contributed by atoms with Gasteiger partial charge in [0.15, 0.2) is 0 Å². The molecule has 0 spiro atoms. The zero-order chi connectivity index (χ0) is 20.3. The van der Waals surface area contributed by atoms with E-state index >= 15 is 0 Å². The Kier molecular flexibility index (Phi) is 7.95. The Balaban J connectivity index is 1.46. The fraction of sp³-hybridized carbons (Fsp3) is 0.348. The Morgan fingerprint density at radius 3 is 2.79 bits per heavy atom. The molecule has 0 fully saturated rings. The van der Waals surface area contributed by atoms with Crippen molar-refractivity contribution in [2.75, 3.05) is 19.8 Å². The SMILES string of the molecule is CCOCCCCCOc1cccc(CNC(=O)c2ccc3ncccc3n2)c1. The van der Waals surface area contributed by atoms with Gasteiger partial charge < -0.3 is 14.8 Å². The van der Waals surface area contributed by atoms with E-state index in [1.165, 1.54) is 0 Å². The molecular weight excluding hydrogens is 366 g/mol. The number of carbonyl (C=O) groups excluding carboxylic acids is 1. The summed E-state index contributed by atoms with van der Waals surface area (Å²) < 4.78 is 11.2. The van der Waals surface area contributed by atoms with Gasteiger partial charge >= 0.3 is 0 Å². The molecule has 0 aliphatic heterocycles. The predicted octanol–water partition coefficient (Wildman–Crippen LogP) is 4.15. The summed E-state index contributed by atoms with van der Waals surface area (Å²) in [5, 5.41) is 2.91. The van der Waals surface area contributed by atoms with Crippen molar-refractivity contribution in [1.29, 1.82) is 0 Å². The summed E-state index contributed by atoms with van der Waals surface area (Å²) in [4.78, 5) is 21.0. The molecule has 1 amide bonds. The van der Waals surface area contributed by atoms with E-state index in [0.717, 1.165) is 49.3 Å². The standard InChI is InChI=1S/C23H27N3O3/c1-2-28-14-4-3-5-15-29-19-9-6-8-18(16-19)17-25-23(27)22-12-11-20-21(26-22)10-7-13-24-20/h6-13,16H,2-5,14-15,17H2,1H3,(H,25,27). The van der Waals surface area contributed by atoms with Crippen molar-refractivity contribution in [1.82, 2.24) is 15.3 Å². The van der Waals surface area contributed by atoms with Crippen LogP contribution < -0.4 is 10.1 Å². The Morgan fingerprint density at radius 2 is 1.90 bits per heavy atom. The first-order valence-corrected chi connectivity index (χ1v) is 10.1. The minimum atomic E-state index is -0.212. The molecule has 3 rings (SSSR count). The second-order valence-electron chi connectivity index (χ2n) is 6.67. The molecule has 0 bridgehead atoms. The van der Waals surface area contributed by atoms with E-state index < -0.39 is 0 Å². The van der Waals surface area contributed by atoms with Crippen molar-refractivity contribution in [2.45, 2.75) is 32.7 Å². The van der Waals surface area contributed by atoms with Crippen molar-refractivity contribution >= 4 is 16.9 Å². The smallest absolute Gasteiger partial charge is 0.270 e. The normalized spacial score (nSPS) is 10.8. The fourth-order valence-electron chi connectivity index (χ4n) is 2.92. The largest absolute Gasteiger partial charge is 0.494 e. The van der Waals surface area contributed by atoms with Crippen LogP contribution in [-0.4, -0.2) is 35.7 Å². The molecule has 3 aromatic rings. The number of nitrogens with zero attached hydrogens (tertiary/aromatic N) is 2. The number of aromatic nitrogens is 2. The third kappa shape index (κ3) is 6.54. The quantitative estimate of drug-likeness (QED) is 0.496. The minimum Gasteiger partial charge on any atom is -0.494 e. The van der Waals surface area contributed by atoms with Gasteiger partial charge in [0.2, 0.25) is 0 Å². The molecule has 2 aromatic heterocycles. The Morgan fingerprint density at radius 1 is 1.00 bits per heavy atom. The van der Waals surface area contributed by atoms with E-state index in [9.17, 15) is 4.79 Å². The number of ether oxygens (including phenoxy) is 2. The van der Waals surface area contributed by atoms with Gasteiger partial charge in [-0.15, -0.1) is 0 Å². The fourth-order valence-corrected chi connectivity index (χ4v) is 2.92. The lowest BCUT2D eigenvalue weighted by molar-refractivity contribution is 0.0946. The summed E-state index contributed by atoms with van der Waals surface area (Å²) in [7, 11) is 0. The van der Waals surface area contributed by atoms with Crippen LogP contribution in [0.25, 0.3) is 11.0 Å². The maximum atomic E-state index is 12.4. The molecule has 0 atom stereocenters. The molecule has 2 heterocycles. The predicted molar refractivity (Wildman–Crippen MR) is 113 cm³/mol. The van der Waals surface area contributed by atoms with Gasteiger partial charge in [-0.2, -0.15) is 0 Å². The van der Waals surface area contributed by atoms with Crippen LogP contribution in [0.3, 0.4) is 0 Å². The number of fused-ring (bicyclic) bond motifs is 1. The van der Waals surface area contributed by atoms with Gasteiger partial charge in [-0.05, 0) is 68.1 Å². The second-order valence-corrected chi connectivity index (χ2v) is 6.67. The highest BCUT2D eigenvalue weighted by Gasteiger charge is 2.08. The van der Waals surface area contributed by atoms with Crippen LogP contribution in [0.5, 0.6) is 5.75 Å². The lowest BCUT2D eigenvalue weighted by Crippen LogP contribution is -2.23. The van der Waals surface area contributed by atoms with E-state index in [1.54, 1.807) is 18.3 Å². The highest BCUT2D eigenvalue weighted by atomic mass is 16.5. The molecule has 1 aromatic carbocycles. The monoisotopic (exact) mass is 393 g/mol. The van der Waals surface area contributed by atoms with Crippen LogP contribution in [0.15, 0.2) is 54.7 Å². The maximum Gasteiger partial charge on any atom is 0.270 e. The molecule has 6 nitrogen and oxygen atoms in total. The zero-order valence-electron chi connectivity index (χ0n) is 16.8. The molecule has 29 heavy (non-hydrogen) atoms. The number of hydrogen-bond donors (Lipinski definition) is 1. The van der Waals surface area contributed by atoms with Gasteiger partial charge in [0.05, 0.1) is 17.6 Å². The van der Waals surface area contributed by atoms with Gasteiger partial charge in [-0.25, -0.2) is 4.98 Å². The number of pyridine rings is 2. The number of nitrogens with one attached hydrogen (secondary N) is 1. The number of benzene rings is 1. The lowest BCUT2D eigenvalue weighted by Gasteiger charge is -2.09. The molecule has 0 unspecified atom stereocenters. The summed E-state index contributed by atoms with van der Waals surface area (Å²) in [6.07, 6.45) is 4.85. The van der Waals surface area contributed by atoms with E-state index in [1.807, 2.05) is 43.3 Å². The number of hydrogen-bond acceptors (Lipinski definition) is 5. The Bertz CT molecular complexity index is 930. The minimum absolute atomic E-state index is 0.212. The number of amides is 1. The van der Waals surface area contributed by atoms with Crippen molar-refractivity contribution in [3.63, 3.8) is 0 Å². The van der Waals surface area contributed by atoms with E-state index in [4.69, 9.17) is 9.47 Å². The van der Waals surface area contributed by atoms with Crippen LogP contribution in [0.4, 0.5) is 0 Å². The molecule has 0 radical (unpaired) electrons. The average Bonchev–Trinajstić information content (AvgIpc) is 2.77. The second kappa shape index (κ2) is 11.1. The number of rotatable bonds is 11. The van der Waals surface area contributed by atoms with Crippen molar-refractivity contribution in [3.8, 4) is 5.75 Å². The summed E-state index contributed by atoms with van der Waals surface area (Å²) in [6.45, 7) is 4.69.